The van der Waals surface area contributed by atoms with Crippen molar-refractivity contribution >= 4 is 22.8 Å². The number of hydrogen-bond donors (Lipinski definition) is 2. The van der Waals surface area contributed by atoms with Gasteiger partial charge in [0.25, 0.3) is 6.01 Å². The van der Waals surface area contributed by atoms with E-state index in [9.17, 15) is 0 Å². The first-order chi connectivity index (χ1) is 10.3. The summed E-state index contributed by atoms with van der Waals surface area (Å²) in [5.41, 5.74) is 10.8. The molecule has 0 amide bonds. The lowest BCUT2D eigenvalue weighted by Gasteiger charge is -2.25. The maximum absolute atomic E-state index is 5.93. The van der Waals surface area contributed by atoms with Crippen LogP contribution < -0.4 is 11.1 Å². The minimum Gasteiger partial charge on any atom is -0.423 e. The van der Waals surface area contributed by atoms with Crippen LogP contribution >= 0.6 is 0 Å². The Morgan fingerprint density at radius 2 is 2.05 bits per heavy atom. The number of oxazole rings is 1. The van der Waals surface area contributed by atoms with E-state index in [0.717, 1.165) is 23.9 Å². The zero-order valence-electron chi connectivity index (χ0n) is 11.7. The fourth-order valence-corrected chi connectivity index (χ4v) is 3.08. The Hall–Kier alpha value is -2.49. The minimum absolute atomic E-state index is 0.254. The molecule has 3 aromatic rings. The molecule has 4 heteroatoms. The molecule has 0 radical (unpaired) electrons. The van der Waals surface area contributed by atoms with Crippen LogP contribution in [-0.4, -0.2) is 4.98 Å². The molecule has 1 atom stereocenters. The number of benzene rings is 2. The van der Waals surface area contributed by atoms with Crippen LogP contribution in [-0.2, 0) is 6.42 Å². The quantitative estimate of drug-likeness (QED) is 0.698. The molecule has 106 valence electrons. The summed E-state index contributed by atoms with van der Waals surface area (Å²) in [5, 5.41) is 3.42. The average Bonchev–Trinajstić information content (AvgIpc) is 2.92. The largest absolute Gasteiger partial charge is 0.423 e. The molecule has 0 saturated heterocycles. The van der Waals surface area contributed by atoms with Gasteiger partial charge in [-0.2, -0.15) is 4.98 Å². The number of nitrogen functional groups attached to an aromatic ring is 1. The standard InChI is InChI=1S/C17H17N3O/c18-13-8-4-10-15-16(13)20-17(21-15)19-14-9-3-6-11-5-1-2-7-12(11)14/h1-2,4-5,7-8,10,14H,3,6,9,18H2,(H,19,20). The summed E-state index contributed by atoms with van der Waals surface area (Å²) in [6, 6.07) is 15.0. The van der Waals surface area contributed by atoms with E-state index in [1.165, 1.54) is 17.5 Å². The molecule has 4 rings (SSSR count). The van der Waals surface area contributed by atoms with Crippen molar-refractivity contribution in [2.24, 2.45) is 0 Å². The topological polar surface area (TPSA) is 64.1 Å². The number of para-hydroxylation sites is 1. The van der Waals surface area contributed by atoms with Crippen molar-refractivity contribution in [3.8, 4) is 0 Å². The molecule has 3 N–H and O–H groups in total. The summed E-state index contributed by atoms with van der Waals surface area (Å²) in [4.78, 5) is 4.48. The molecule has 1 heterocycles. The summed E-state index contributed by atoms with van der Waals surface area (Å²) >= 11 is 0. The molecule has 0 bridgehead atoms. The smallest absolute Gasteiger partial charge is 0.296 e. The van der Waals surface area contributed by atoms with Crippen LogP contribution in [0.2, 0.25) is 0 Å². The van der Waals surface area contributed by atoms with Gasteiger partial charge in [0.2, 0.25) is 0 Å². The maximum atomic E-state index is 5.93. The lowest BCUT2D eigenvalue weighted by Crippen LogP contribution is -2.17. The summed E-state index contributed by atoms with van der Waals surface area (Å²) < 4.78 is 5.76. The van der Waals surface area contributed by atoms with Crippen LogP contribution in [0.5, 0.6) is 0 Å². The fourth-order valence-electron chi connectivity index (χ4n) is 3.08. The van der Waals surface area contributed by atoms with Crippen LogP contribution in [0.1, 0.15) is 30.0 Å². The van der Waals surface area contributed by atoms with Gasteiger partial charge in [-0.25, -0.2) is 0 Å². The second-order valence-electron chi connectivity index (χ2n) is 5.50. The second kappa shape index (κ2) is 4.81. The van der Waals surface area contributed by atoms with Crippen molar-refractivity contribution in [3.63, 3.8) is 0 Å². The van der Waals surface area contributed by atoms with Crippen molar-refractivity contribution < 1.29 is 4.42 Å². The Morgan fingerprint density at radius 1 is 1.14 bits per heavy atom. The molecule has 0 spiro atoms. The van der Waals surface area contributed by atoms with E-state index in [0.29, 0.717) is 11.7 Å². The van der Waals surface area contributed by atoms with E-state index in [4.69, 9.17) is 10.2 Å². The highest BCUT2D eigenvalue weighted by atomic mass is 16.4. The predicted molar refractivity (Wildman–Crippen MR) is 84.2 cm³/mol. The van der Waals surface area contributed by atoms with E-state index in [2.05, 4.69) is 34.6 Å². The number of hydrogen-bond acceptors (Lipinski definition) is 4. The SMILES string of the molecule is Nc1cccc2oc(NC3CCCc4ccccc43)nc12. The van der Waals surface area contributed by atoms with Gasteiger partial charge in [-0.3, -0.25) is 0 Å². The Balaban J connectivity index is 1.68. The molecule has 0 aliphatic heterocycles. The average molecular weight is 279 g/mol. The Labute approximate surface area is 123 Å². The molecule has 0 saturated carbocycles. The number of aryl methyl sites for hydroxylation is 1. The first kappa shape index (κ1) is 12.3. The third kappa shape index (κ3) is 2.13. The monoisotopic (exact) mass is 279 g/mol. The molecule has 1 unspecified atom stereocenters. The number of aromatic nitrogens is 1. The van der Waals surface area contributed by atoms with Crippen LogP contribution in [0.4, 0.5) is 11.7 Å². The van der Waals surface area contributed by atoms with Crippen molar-refractivity contribution in [1.29, 1.82) is 0 Å². The summed E-state index contributed by atoms with van der Waals surface area (Å²) in [5.74, 6) is 0. The highest BCUT2D eigenvalue weighted by Crippen LogP contribution is 2.33. The molecular weight excluding hydrogens is 262 g/mol. The fraction of sp³-hybridized carbons (Fsp3) is 0.235. The van der Waals surface area contributed by atoms with Crippen molar-refractivity contribution in [1.82, 2.24) is 4.98 Å². The predicted octanol–water partition coefficient (Wildman–Crippen LogP) is 3.90. The molecule has 1 aromatic heterocycles. The molecule has 4 nitrogen and oxygen atoms in total. The zero-order valence-corrected chi connectivity index (χ0v) is 11.7. The van der Waals surface area contributed by atoms with Gasteiger partial charge in [0.1, 0.15) is 5.52 Å². The minimum atomic E-state index is 0.254. The summed E-state index contributed by atoms with van der Waals surface area (Å²) in [7, 11) is 0. The highest BCUT2D eigenvalue weighted by Gasteiger charge is 2.21. The van der Waals surface area contributed by atoms with Crippen molar-refractivity contribution in [2.75, 3.05) is 11.1 Å². The Morgan fingerprint density at radius 3 is 2.95 bits per heavy atom. The van der Waals surface area contributed by atoms with Gasteiger partial charge < -0.3 is 15.5 Å². The lowest BCUT2D eigenvalue weighted by atomic mass is 9.88. The Kier molecular flexibility index (Phi) is 2.81. The van der Waals surface area contributed by atoms with E-state index >= 15 is 0 Å². The zero-order chi connectivity index (χ0) is 14.2. The summed E-state index contributed by atoms with van der Waals surface area (Å²) in [6.45, 7) is 0. The third-order valence-electron chi connectivity index (χ3n) is 4.12. The van der Waals surface area contributed by atoms with Gasteiger partial charge in [0, 0.05) is 0 Å². The molecule has 0 fully saturated rings. The van der Waals surface area contributed by atoms with Crippen molar-refractivity contribution in [2.45, 2.75) is 25.3 Å². The van der Waals surface area contributed by atoms with Crippen LogP contribution in [0.3, 0.4) is 0 Å². The van der Waals surface area contributed by atoms with E-state index in [-0.39, 0.29) is 6.04 Å². The third-order valence-corrected chi connectivity index (χ3v) is 4.12. The maximum Gasteiger partial charge on any atom is 0.296 e. The lowest BCUT2D eigenvalue weighted by molar-refractivity contribution is 0.555. The van der Waals surface area contributed by atoms with Gasteiger partial charge in [-0.15, -0.1) is 0 Å². The van der Waals surface area contributed by atoms with Gasteiger partial charge in [0.05, 0.1) is 11.7 Å². The molecule has 1 aliphatic carbocycles. The number of fused-ring (bicyclic) bond motifs is 2. The number of nitrogens with zero attached hydrogens (tertiary/aromatic N) is 1. The van der Waals surface area contributed by atoms with Gasteiger partial charge in [-0.1, -0.05) is 30.3 Å². The first-order valence-electron chi connectivity index (χ1n) is 7.30. The Bertz CT molecular complexity index is 794. The molecular formula is C17H17N3O. The normalized spacial score (nSPS) is 17.6. The number of nitrogens with two attached hydrogens (primary N) is 1. The number of anilines is 2. The van der Waals surface area contributed by atoms with E-state index < -0.39 is 0 Å². The van der Waals surface area contributed by atoms with Crippen molar-refractivity contribution in [3.05, 3.63) is 53.6 Å². The number of rotatable bonds is 2. The molecule has 2 aromatic carbocycles. The van der Waals surface area contributed by atoms with Crippen LogP contribution in [0.25, 0.3) is 11.1 Å². The van der Waals surface area contributed by atoms with Gasteiger partial charge in [0.15, 0.2) is 5.58 Å². The van der Waals surface area contributed by atoms with Crippen LogP contribution in [0, 0.1) is 0 Å². The number of nitrogens with one attached hydrogen (secondary N) is 1. The highest BCUT2D eigenvalue weighted by molar-refractivity contribution is 5.86. The molecule has 1 aliphatic rings. The molecule has 21 heavy (non-hydrogen) atoms. The second-order valence-corrected chi connectivity index (χ2v) is 5.50. The van der Waals surface area contributed by atoms with Crippen LogP contribution in [0.15, 0.2) is 46.9 Å². The van der Waals surface area contributed by atoms with Gasteiger partial charge >= 0.3 is 0 Å². The van der Waals surface area contributed by atoms with E-state index in [1.54, 1.807) is 0 Å². The van der Waals surface area contributed by atoms with Gasteiger partial charge in [-0.05, 0) is 42.5 Å². The first-order valence-corrected chi connectivity index (χ1v) is 7.30. The summed E-state index contributed by atoms with van der Waals surface area (Å²) in [6.07, 6.45) is 3.41. The van der Waals surface area contributed by atoms with E-state index in [1.807, 2.05) is 18.2 Å².